The first-order valence-corrected chi connectivity index (χ1v) is 8.07. The first-order valence-electron chi connectivity index (χ1n) is 8.07. The molecule has 0 fully saturated rings. The Morgan fingerprint density at radius 2 is 1.65 bits per heavy atom. The average molecular weight is 350 g/mol. The van der Waals surface area contributed by atoms with Crippen molar-refractivity contribution in [3.8, 4) is 0 Å². The zero-order valence-corrected chi connectivity index (χ0v) is 14.2. The number of hydrogen-bond donors (Lipinski definition) is 2. The van der Waals surface area contributed by atoms with Crippen molar-refractivity contribution < 1.29 is 9.59 Å². The molecular formula is C18H18N6O2. The molecule has 132 valence electrons. The van der Waals surface area contributed by atoms with E-state index in [4.69, 9.17) is 0 Å². The maximum Gasteiger partial charge on any atom is 0.249 e. The van der Waals surface area contributed by atoms with Crippen molar-refractivity contribution in [2.24, 2.45) is 0 Å². The number of anilines is 2. The smallest absolute Gasteiger partial charge is 0.249 e. The Morgan fingerprint density at radius 1 is 1.00 bits per heavy atom. The van der Waals surface area contributed by atoms with Gasteiger partial charge in [-0.3, -0.25) is 9.59 Å². The van der Waals surface area contributed by atoms with Crippen LogP contribution in [0, 0.1) is 0 Å². The number of aromatic nitrogens is 4. The highest BCUT2D eigenvalue weighted by Crippen LogP contribution is 2.18. The molecule has 2 amide bonds. The molecule has 0 spiro atoms. The summed E-state index contributed by atoms with van der Waals surface area (Å²) in [7, 11) is 0. The molecule has 26 heavy (non-hydrogen) atoms. The first-order chi connectivity index (χ1) is 12.6. The molecule has 0 aliphatic rings. The Hall–Kier alpha value is -3.55. The summed E-state index contributed by atoms with van der Waals surface area (Å²) >= 11 is 0. The first kappa shape index (κ1) is 17.3. The van der Waals surface area contributed by atoms with Gasteiger partial charge in [0, 0.05) is 24.7 Å². The largest absolute Gasteiger partial charge is 0.326 e. The van der Waals surface area contributed by atoms with Gasteiger partial charge in [0.1, 0.15) is 12.4 Å². The van der Waals surface area contributed by atoms with Crippen LogP contribution < -0.4 is 10.6 Å². The van der Waals surface area contributed by atoms with E-state index in [-0.39, 0.29) is 11.8 Å². The summed E-state index contributed by atoms with van der Waals surface area (Å²) in [6, 6.07) is 16.0. The lowest BCUT2D eigenvalue weighted by atomic mass is 10.1. The van der Waals surface area contributed by atoms with Crippen LogP contribution in [0.4, 0.5) is 11.4 Å². The highest BCUT2D eigenvalue weighted by atomic mass is 16.2. The minimum atomic E-state index is -0.581. The zero-order chi connectivity index (χ0) is 18.4. The van der Waals surface area contributed by atoms with Crippen molar-refractivity contribution in [2.45, 2.75) is 19.4 Å². The maximum absolute atomic E-state index is 12.8. The number of carbonyl (C=O) groups excluding carboxylic acids is 2. The summed E-state index contributed by atoms with van der Waals surface area (Å²) in [5.74, 6) is -0.378. The van der Waals surface area contributed by atoms with E-state index in [1.807, 2.05) is 30.3 Å². The third kappa shape index (κ3) is 4.50. The Kier molecular flexibility index (Phi) is 5.33. The molecule has 3 rings (SSSR count). The summed E-state index contributed by atoms with van der Waals surface area (Å²) < 4.78 is 1.44. The lowest BCUT2D eigenvalue weighted by molar-refractivity contribution is -0.119. The number of tetrazole rings is 1. The Morgan fingerprint density at radius 3 is 2.23 bits per heavy atom. The fraction of sp³-hybridized carbons (Fsp3) is 0.167. The van der Waals surface area contributed by atoms with Gasteiger partial charge in [-0.2, -0.15) is 0 Å². The van der Waals surface area contributed by atoms with Crippen LogP contribution in [0.2, 0.25) is 0 Å². The van der Waals surface area contributed by atoms with Crippen molar-refractivity contribution in [1.29, 1.82) is 0 Å². The van der Waals surface area contributed by atoms with Gasteiger partial charge in [0.2, 0.25) is 11.8 Å². The molecule has 1 heterocycles. The van der Waals surface area contributed by atoms with Crippen LogP contribution in [0.1, 0.15) is 18.5 Å². The lowest BCUT2D eigenvalue weighted by Gasteiger charge is -2.16. The molecule has 8 heteroatoms. The van der Waals surface area contributed by atoms with E-state index in [0.717, 1.165) is 5.56 Å². The minimum Gasteiger partial charge on any atom is -0.326 e. The van der Waals surface area contributed by atoms with Crippen LogP contribution in [0.15, 0.2) is 60.9 Å². The van der Waals surface area contributed by atoms with E-state index < -0.39 is 6.04 Å². The molecule has 0 aliphatic carbocycles. The van der Waals surface area contributed by atoms with Gasteiger partial charge in [-0.25, -0.2) is 4.68 Å². The molecule has 2 aromatic carbocycles. The zero-order valence-electron chi connectivity index (χ0n) is 14.2. The third-order valence-electron chi connectivity index (χ3n) is 3.73. The van der Waals surface area contributed by atoms with Crippen molar-refractivity contribution in [3.05, 3.63) is 66.5 Å². The molecular weight excluding hydrogens is 332 g/mol. The van der Waals surface area contributed by atoms with Crippen LogP contribution in [0.3, 0.4) is 0 Å². The van der Waals surface area contributed by atoms with Gasteiger partial charge in [-0.05, 0) is 40.3 Å². The fourth-order valence-corrected chi connectivity index (χ4v) is 2.52. The number of nitrogens with zero attached hydrogens (tertiary/aromatic N) is 4. The normalized spacial score (nSPS) is 11.6. The maximum atomic E-state index is 12.8. The van der Waals surface area contributed by atoms with E-state index in [9.17, 15) is 9.59 Å². The van der Waals surface area contributed by atoms with Gasteiger partial charge in [-0.1, -0.05) is 30.3 Å². The molecule has 0 bridgehead atoms. The second-order valence-electron chi connectivity index (χ2n) is 5.74. The molecule has 8 nitrogen and oxygen atoms in total. The van der Waals surface area contributed by atoms with Crippen LogP contribution in [-0.2, 0) is 16.0 Å². The molecule has 3 aromatic rings. The van der Waals surface area contributed by atoms with Crippen molar-refractivity contribution in [3.63, 3.8) is 0 Å². The third-order valence-corrected chi connectivity index (χ3v) is 3.73. The highest BCUT2D eigenvalue weighted by molar-refractivity contribution is 5.94. The van der Waals surface area contributed by atoms with Gasteiger partial charge < -0.3 is 10.6 Å². The number of amides is 2. The summed E-state index contributed by atoms with van der Waals surface area (Å²) in [6.45, 7) is 1.44. The lowest BCUT2D eigenvalue weighted by Crippen LogP contribution is -2.28. The summed E-state index contributed by atoms with van der Waals surface area (Å²) in [5.41, 5.74) is 2.29. The van der Waals surface area contributed by atoms with Crippen molar-refractivity contribution in [2.75, 3.05) is 10.6 Å². The Bertz CT molecular complexity index is 862. The van der Waals surface area contributed by atoms with Crippen LogP contribution in [-0.4, -0.2) is 32.0 Å². The van der Waals surface area contributed by atoms with E-state index >= 15 is 0 Å². The Balaban J connectivity index is 1.74. The molecule has 0 radical (unpaired) electrons. The average Bonchev–Trinajstić information content (AvgIpc) is 3.16. The highest BCUT2D eigenvalue weighted by Gasteiger charge is 2.22. The second-order valence-corrected chi connectivity index (χ2v) is 5.74. The SMILES string of the molecule is CC(=O)Nc1ccc(NC(=O)C(Cc2ccccc2)n2cnnn2)cc1. The number of benzene rings is 2. The molecule has 1 aromatic heterocycles. The number of nitrogens with one attached hydrogen (secondary N) is 2. The molecule has 0 aliphatic heterocycles. The standard InChI is InChI=1S/C18H18N6O2/c1-13(25)20-15-7-9-16(10-8-15)21-18(26)17(24-12-19-22-23-24)11-14-5-3-2-4-6-14/h2-10,12,17H,11H2,1H3,(H,20,25)(H,21,26). The number of hydrogen-bond acceptors (Lipinski definition) is 5. The van der Waals surface area contributed by atoms with Crippen molar-refractivity contribution >= 4 is 23.2 Å². The number of rotatable bonds is 6. The summed E-state index contributed by atoms with van der Waals surface area (Å²) in [4.78, 5) is 23.8. The molecule has 0 saturated heterocycles. The Labute approximate surface area is 150 Å². The van der Waals surface area contributed by atoms with Crippen molar-refractivity contribution in [1.82, 2.24) is 20.2 Å². The van der Waals surface area contributed by atoms with Gasteiger partial charge in [0.05, 0.1) is 0 Å². The van der Waals surface area contributed by atoms with Crippen LogP contribution in [0.5, 0.6) is 0 Å². The molecule has 2 N–H and O–H groups in total. The molecule has 1 unspecified atom stereocenters. The van der Waals surface area contributed by atoms with E-state index in [0.29, 0.717) is 17.8 Å². The van der Waals surface area contributed by atoms with E-state index in [2.05, 4.69) is 26.2 Å². The monoisotopic (exact) mass is 350 g/mol. The van der Waals surface area contributed by atoms with Gasteiger partial charge >= 0.3 is 0 Å². The number of carbonyl (C=O) groups is 2. The minimum absolute atomic E-state index is 0.150. The van der Waals surface area contributed by atoms with Crippen LogP contribution in [0.25, 0.3) is 0 Å². The van der Waals surface area contributed by atoms with Gasteiger partial charge in [0.25, 0.3) is 0 Å². The predicted molar refractivity (Wildman–Crippen MR) is 96.4 cm³/mol. The topological polar surface area (TPSA) is 102 Å². The molecule has 1 atom stereocenters. The van der Waals surface area contributed by atoms with E-state index in [1.165, 1.54) is 17.9 Å². The summed E-state index contributed by atoms with van der Waals surface area (Å²) in [6.07, 6.45) is 1.88. The second kappa shape index (κ2) is 8.02. The fourth-order valence-electron chi connectivity index (χ4n) is 2.52. The summed E-state index contributed by atoms with van der Waals surface area (Å²) in [5, 5.41) is 16.7. The van der Waals surface area contributed by atoms with Gasteiger partial charge in [0.15, 0.2) is 0 Å². The van der Waals surface area contributed by atoms with Crippen LogP contribution >= 0.6 is 0 Å². The predicted octanol–water partition coefficient (Wildman–Crippen LogP) is 2.05. The quantitative estimate of drug-likeness (QED) is 0.708. The van der Waals surface area contributed by atoms with Gasteiger partial charge in [-0.15, -0.1) is 5.10 Å². The van der Waals surface area contributed by atoms with E-state index in [1.54, 1.807) is 24.3 Å². The molecule has 0 saturated carbocycles.